The third-order valence-corrected chi connectivity index (χ3v) is 2.00. The van der Waals surface area contributed by atoms with Crippen LogP contribution in [0.3, 0.4) is 0 Å². The van der Waals surface area contributed by atoms with Crippen LogP contribution in [0.15, 0.2) is 12.1 Å². The van der Waals surface area contributed by atoms with Crippen molar-refractivity contribution < 1.29 is 5.11 Å². The second-order valence-corrected chi connectivity index (χ2v) is 3.63. The van der Waals surface area contributed by atoms with Crippen LogP contribution in [0.25, 0.3) is 0 Å². The molecule has 5 N–H and O–H groups in total. The van der Waals surface area contributed by atoms with Gasteiger partial charge in [0, 0.05) is 18.7 Å². The Hall–Kier alpha value is -0.390. The summed E-state index contributed by atoms with van der Waals surface area (Å²) in [6.07, 6.45) is 0. The maximum absolute atomic E-state index is 9.67. The molecule has 1 aromatic rings. The number of nitrogen functional groups attached to an aromatic ring is 1. The van der Waals surface area contributed by atoms with Crippen molar-refractivity contribution in [1.29, 1.82) is 0 Å². The van der Waals surface area contributed by atoms with E-state index in [-0.39, 0.29) is 43.0 Å². The van der Waals surface area contributed by atoms with Gasteiger partial charge in [0.15, 0.2) is 0 Å². The van der Waals surface area contributed by atoms with Crippen molar-refractivity contribution in [3.8, 4) is 5.75 Å². The van der Waals surface area contributed by atoms with Crippen LogP contribution in [-0.2, 0) is 13.1 Å². The number of hydrogen-bond acceptors (Lipinski definition) is 4. The highest BCUT2D eigenvalue weighted by molar-refractivity contribution is 5.86. The Morgan fingerprint density at radius 2 is 1.71 bits per heavy atom. The van der Waals surface area contributed by atoms with Crippen molar-refractivity contribution in [2.45, 2.75) is 13.1 Å². The molecule has 0 aromatic heterocycles. The molecule has 102 valence electrons. The molecule has 7 heteroatoms. The molecule has 0 unspecified atom stereocenters. The molecule has 0 atom stereocenters. The lowest BCUT2D eigenvalue weighted by Gasteiger charge is -2.13. The molecule has 0 bridgehead atoms. The van der Waals surface area contributed by atoms with Crippen LogP contribution >= 0.6 is 37.2 Å². The largest absolute Gasteiger partial charge is 0.505 e. The fourth-order valence-corrected chi connectivity index (χ4v) is 1.37. The van der Waals surface area contributed by atoms with Crippen LogP contribution in [0.2, 0.25) is 0 Å². The highest BCUT2D eigenvalue weighted by Gasteiger charge is 2.07. The van der Waals surface area contributed by atoms with E-state index in [1.807, 2.05) is 25.1 Å². The van der Waals surface area contributed by atoms with E-state index in [1.165, 1.54) is 0 Å². The Morgan fingerprint density at radius 3 is 2.12 bits per heavy atom. The van der Waals surface area contributed by atoms with Crippen LogP contribution in [0.4, 0.5) is 5.69 Å². The summed E-state index contributed by atoms with van der Waals surface area (Å²) in [4.78, 5) is 1.97. The van der Waals surface area contributed by atoms with Crippen LogP contribution in [-0.4, -0.2) is 24.1 Å². The van der Waals surface area contributed by atoms with Crippen LogP contribution in [0.5, 0.6) is 5.75 Å². The average molecular weight is 305 g/mol. The van der Waals surface area contributed by atoms with E-state index >= 15 is 0 Å². The number of hydrogen-bond donors (Lipinski definition) is 3. The van der Waals surface area contributed by atoms with E-state index in [2.05, 4.69) is 0 Å². The molecule has 0 fully saturated rings. The molecule has 0 amide bonds. The molecule has 0 saturated heterocycles. The normalized spacial score (nSPS) is 8.94. The first-order chi connectivity index (χ1) is 6.54. The van der Waals surface area contributed by atoms with E-state index in [4.69, 9.17) is 11.5 Å². The number of nitrogens with zero attached hydrogens (tertiary/aromatic N) is 1. The lowest BCUT2D eigenvalue weighted by molar-refractivity contribution is 0.386. The summed E-state index contributed by atoms with van der Waals surface area (Å²) in [5.41, 5.74) is 13.3. The number of aromatic hydroxyl groups is 1. The second-order valence-electron chi connectivity index (χ2n) is 3.63. The van der Waals surface area contributed by atoms with Crippen molar-refractivity contribution in [3.63, 3.8) is 0 Å². The Kier molecular flexibility index (Phi) is 12.4. The van der Waals surface area contributed by atoms with Gasteiger partial charge in [0.05, 0.1) is 5.69 Å². The van der Waals surface area contributed by atoms with E-state index in [0.717, 1.165) is 11.1 Å². The zero-order valence-electron chi connectivity index (χ0n) is 9.84. The van der Waals surface area contributed by atoms with Gasteiger partial charge in [-0.15, -0.1) is 37.2 Å². The van der Waals surface area contributed by atoms with E-state index in [0.29, 0.717) is 18.8 Å². The zero-order valence-corrected chi connectivity index (χ0v) is 12.3. The molecule has 0 saturated carbocycles. The predicted molar refractivity (Wildman–Crippen MR) is 79.5 cm³/mol. The fourth-order valence-electron chi connectivity index (χ4n) is 1.37. The van der Waals surface area contributed by atoms with Crippen LogP contribution in [0, 0.1) is 0 Å². The smallest absolute Gasteiger partial charge is 0.142 e. The molecule has 4 nitrogen and oxygen atoms in total. The van der Waals surface area contributed by atoms with Gasteiger partial charge in [-0.3, -0.25) is 0 Å². The molecule has 17 heavy (non-hydrogen) atoms. The Labute approximate surface area is 121 Å². The first kappa shape index (κ1) is 21.9. The number of benzene rings is 1. The first-order valence-electron chi connectivity index (χ1n) is 4.49. The van der Waals surface area contributed by atoms with Gasteiger partial charge in [-0.2, -0.15) is 0 Å². The third kappa shape index (κ3) is 6.19. The summed E-state index contributed by atoms with van der Waals surface area (Å²) in [6.45, 7) is 1.09. The number of anilines is 1. The SMILES string of the molecule is CN(C)Cc1cc(CN)cc(N)c1O.Cl.Cl.Cl. The van der Waals surface area contributed by atoms with E-state index < -0.39 is 0 Å². The molecule has 0 aliphatic rings. The van der Waals surface area contributed by atoms with Gasteiger partial charge in [-0.25, -0.2) is 0 Å². The van der Waals surface area contributed by atoms with Gasteiger partial charge >= 0.3 is 0 Å². The quantitative estimate of drug-likeness (QED) is 0.587. The highest BCUT2D eigenvalue weighted by atomic mass is 35.5. The molecular formula is C10H20Cl3N3O. The minimum Gasteiger partial charge on any atom is -0.505 e. The summed E-state index contributed by atoms with van der Waals surface area (Å²) in [6, 6.07) is 3.58. The van der Waals surface area contributed by atoms with Gasteiger partial charge < -0.3 is 21.5 Å². The summed E-state index contributed by atoms with van der Waals surface area (Å²) >= 11 is 0. The first-order valence-corrected chi connectivity index (χ1v) is 4.49. The molecular weight excluding hydrogens is 284 g/mol. The van der Waals surface area contributed by atoms with Gasteiger partial charge in [0.25, 0.3) is 0 Å². The molecule has 1 aromatic carbocycles. The Balaban J connectivity index is -0.000000653. The van der Waals surface area contributed by atoms with Gasteiger partial charge in [-0.1, -0.05) is 0 Å². The molecule has 0 aliphatic heterocycles. The fraction of sp³-hybridized carbons (Fsp3) is 0.400. The minimum atomic E-state index is 0. The number of halogens is 3. The summed E-state index contributed by atoms with van der Waals surface area (Å²) in [5, 5.41) is 9.67. The minimum absolute atomic E-state index is 0. The van der Waals surface area contributed by atoms with E-state index in [9.17, 15) is 5.11 Å². The van der Waals surface area contributed by atoms with Crippen molar-refractivity contribution in [2.75, 3.05) is 19.8 Å². The van der Waals surface area contributed by atoms with Crippen molar-refractivity contribution >= 4 is 42.9 Å². The maximum atomic E-state index is 9.67. The van der Waals surface area contributed by atoms with Crippen LogP contribution < -0.4 is 11.5 Å². The monoisotopic (exact) mass is 303 g/mol. The number of phenolic OH excluding ortho intramolecular Hbond substituents is 1. The van der Waals surface area contributed by atoms with Crippen LogP contribution in [0.1, 0.15) is 11.1 Å². The molecule has 1 rings (SSSR count). The van der Waals surface area contributed by atoms with Crippen molar-refractivity contribution in [2.24, 2.45) is 5.73 Å². The third-order valence-electron chi connectivity index (χ3n) is 2.00. The van der Waals surface area contributed by atoms with Gasteiger partial charge in [0.2, 0.25) is 0 Å². The number of rotatable bonds is 3. The number of phenols is 1. The lowest BCUT2D eigenvalue weighted by atomic mass is 10.1. The molecule has 0 radical (unpaired) electrons. The lowest BCUT2D eigenvalue weighted by Crippen LogP contribution is -2.12. The van der Waals surface area contributed by atoms with Crippen molar-refractivity contribution in [3.05, 3.63) is 23.3 Å². The summed E-state index contributed by atoms with van der Waals surface area (Å²) in [5.74, 6) is 0.163. The second kappa shape index (κ2) is 9.62. The zero-order chi connectivity index (χ0) is 10.7. The average Bonchev–Trinajstić information content (AvgIpc) is 2.11. The standard InChI is InChI=1S/C10H17N3O.3ClH/c1-13(2)6-8-3-7(5-11)4-9(12)10(8)14;;;/h3-4,14H,5-6,11-12H2,1-2H3;3*1H. The highest BCUT2D eigenvalue weighted by Crippen LogP contribution is 2.27. The molecule has 0 aliphatic carbocycles. The van der Waals surface area contributed by atoms with Gasteiger partial charge in [-0.05, 0) is 31.8 Å². The predicted octanol–water partition coefficient (Wildman–Crippen LogP) is 1.76. The number of nitrogens with two attached hydrogens (primary N) is 2. The topological polar surface area (TPSA) is 75.5 Å². The Morgan fingerprint density at radius 1 is 1.18 bits per heavy atom. The molecule has 0 spiro atoms. The summed E-state index contributed by atoms with van der Waals surface area (Å²) in [7, 11) is 3.87. The van der Waals surface area contributed by atoms with Crippen molar-refractivity contribution in [1.82, 2.24) is 4.90 Å². The van der Waals surface area contributed by atoms with Gasteiger partial charge in [0.1, 0.15) is 5.75 Å². The maximum Gasteiger partial charge on any atom is 0.142 e. The Bertz CT molecular complexity index is 335. The molecule has 0 heterocycles. The van der Waals surface area contributed by atoms with E-state index in [1.54, 1.807) is 6.07 Å². The summed E-state index contributed by atoms with van der Waals surface area (Å²) < 4.78 is 0.